The Balaban J connectivity index is 3.62. The number of halogens is 5. The second-order valence-electron chi connectivity index (χ2n) is 2.77. The van der Waals surface area contributed by atoms with E-state index in [4.69, 9.17) is 11.6 Å². The molecule has 0 bridgehead atoms. The van der Waals surface area contributed by atoms with Crippen LogP contribution in [0.15, 0.2) is 12.1 Å². The highest BCUT2D eigenvalue weighted by Gasteiger charge is 2.35. The molecule has 0 fully saturated rings. The molecule has 0 aromatic heterocycles. The van der Waals surface area contributed by atoms with E-state index in [9.17, 15) is 22.8 Å². The molecule has 1 rings (SSSR count). The average Bonchev–Trinajstić information content (AvgIpc) is 2.14. The van der Waals surface area contributed by atoms with Crippen LogP contribution in [0.4, 0.5) is 13.2 Å². The second kappa shape index (κ2) is 4.70. The van der Waals surface area contributed by atoms with E-state index in [1.54, 1.807) is 22.6 Å². The van der Waals surface area contributed by atoms with Crippen molar-refractivity contribution in [3.8, 4) is 0 Å². The third kappa shape index (κ3) is 2.54. The van der Waals surface area contributed by atoms with Crippen molar-refractivity contribution in [2.75, 3.05) is 0 Å². The molecule has 0 saturated heterocycles. The second-order valence-corrected chi connectivity index (χ2v) is 4.28. The lowest BCUT2D eigenvalue weighted by Gasteiger charge is -2.12. The molecule has 0 atom stereocenters. The first kappa shape index (κ1) is 13.4. The first-order valence-corrected chi connectivity index (χ1v) is 5.29. The number of alkyl halides is 3. The Labute approximate surface area is 107 Å². The van der Waals surface area contributed by atoms with Crippen LogP contribution in [0.3, 0.4) is 0 Å². The fraction of sp³-hybridized carbons (Fsp3) is 0.111. The van der Waals surface area contributed by atoms with Gasteiger partial charge in [-0.2, -0.15) is 13.2 Å². The molecule has 16 heavy (non-hydrogen) atoms. The quantitative estimate of drug-likeness (QED) is 0.458. The zero-order valence-corrected chi connectivity index (χ0v) is 10.4. The van der Waals surface area contributed by atoms with E-state index in [2.05, 4.69) is 0 Å². The molecule has 0 amide bonds. The van der Waals surface area contributed by atoms with E-state index in [0.29, 0.717) is 0 Å². The van der Waals surface area contributed by atoms with Gasteiger partial charge in [-0.15, -0.1) is 0 Å². The molecule has 7 heteroatoms. The molecule has 0 heterocycles. The smallest absolute Gasteiger partial charge is 0.298 e. The van der Waals surface area contributed by atoms with Crippen molar-refractivity contribution < 1.29 is 22.8 Å². The minimum absolute atomic E-state index is 0.0133. The lowest BCUT2D eigenvalue weighted by Crippen LogP contribution is -2.13. The van der Waals surface area contributed by atoms with Crippen molar-refractivity contribution in [1.29, 1.82) is 0 Å². The van der Waals surface area contributed by atoms with Gasteiger partial charge >= 0.3 is 6.18 Å². The zero-order chi connectivity index (χ0) is 12.5. The van der Waals surface area contributed by atoms with Crippen molar-refractivity contribution in [2.24, 2.45) is 0 Å². The molecule has 0 aliphatic carbocycles. The number of aldehydes is 1. The third-order valence-electron chi connectivity index (χ3n) is 1.81. The van der Waals surface area contributed by atoms with Gasteiger partial charge in [0.05, 0.1) is 11.1 Å². The molecular formula is C9H3ClF3IO2. The Kier molecular flexibility index (Phi) is 3.95. The summed E-state index contributed by atoms with van der Waals surface area (Å²) in [7, 11) is 0. The van der Waals surface area contributed by atoms with Gasteiger partial charge in [0.25, 0.3) is 5.24 Å². The van der Waals surface area contributed by atoms with Gasteiger partial charge < -0.3 is 0 Å². The summed E-state index contributed by atoms with van der Waals surface area (Å²) in [5, 5.41) is -1.09. The van der Waals surface area contributed by atoms with Crippen molar-refractivity contribution in [3.05, 3.63) is 32.4 Å². The molecule has 0 N–H and O–H groups in total. The summed E-state index contributed by atoms with van der Waals surface area (Å²) in [5.41, 5.74) is -2.29. The molecular weight excluding hydrogens is 359 g/mol. The molecule has 0 spiro atoms. The van der Waals surface area contributed by atoms with Gasteiger partial charge in [-0.05, 0) is 46.3 Å². The van der Waals surface area contributed by atoms with Crippen molar-refractivity contribution in [2.45, 2.75) is 6.18 Å². The Morgan fingerprint density at radius 2 is 1.94 bits per heavy atom. The van der Waals surface area contributed by atoms with Crippen LogP contribution in [-0.2, 0) is 6.18 Å². The number of benzene rings is 1. The molecule has 2 nitrogen and oxygen atoms in total. The van der Waals surface area contributed by atoms with Gasteiger partial charge in [0, 0.05) is 9.13 Å². The minimum Gasteiger partial charge on any atom is -0.298 e. The first-order valence-electron chi connectivity index (χ1n) is 3.83. The molecule has 0 aliphatic rings. The molecule has 0 unspecified atom stereocenters. The predicted octanol–water partition coefficient (Wildman–Crippen LogP) is 3.50. The molecule has 1 aromatic carbocycles. The maximum Gasteiger partial charge on any atom is 0.417 e. The summed E-state index contributed by atoms with van der Waals surface area (Å²) < 4.78 is 37.7. The van der Waals surface area contributed by atoms with Gasteiger partial charge in [0.2, 0.25) is 0 Å². The van der Waals surface area contributed by atoms with Crippen LogP contribution in [0.1, 0.15) is 26.3 Å². The van der Waals surface area contributed by atoms with E-state index in [-0.39, 0.29) is 9.86 Å². The highest BCUT2D eigenvalue weighted by Crippen LogP contribution is 2.34. The summed E-state index contributed by atoms with van der Waals surface area (Å²) >= 11 is 6.78. The molecule has 0 aliphatic heterocycles. The van der Waals surface area contributed by atoms with Crippen LogP contribution < -0.4 is 0 Å². The van der Waals surface area contributed by atoms with E-state index in [0.717, 1.165) is 12.1 Å². The number of carbonyl (C=O) groups is 2. The number of carbonyl (C=O) groups excluding carboxylic acids is 2. The predicted molar refractivity (Wildman–Crippen MR) is 59.7 cm³/mol. The van der Waals surface area contributed by atoms with Gasteiger partial charge in [-0.3, -0.25) is 9.59 Å². The van der Waals surface area contributed by atoms with E-state index < -0.39 is 28.1 Å². The molecule has 1 aromatic rings. The van der Waals surface area contributed by atoms with Gasteiger partial charge in [-0.1, -0.05) is 0 Å². The fourth-order valence-corrected chi connectivity index (χ4v) is 2.24. The van der Waals surface area contributed by atoms with Crippen molar-refractivity contribution in [1.82, 2.24) is 0 Å². The number of rotatable bonds is 2. The van der Waals surface area contributed by atoms with Gasteiger partial charge in [0.15, 0.2) is 6.29 Å². The maximum atomic E-state index is 12.5. The molecule has 0 radical (unpaired) electrons. The highest BCUT2D eigenvalue weighted by molar-refractivity contribution is 14.1. The summed E-state index contributed by atoms with van der Waals surface area (Å²) in [4.78, 5) is 21.6. The lowest BCUT2D eigenvalue weighted by atomic mass is 10.0. The number of hydrogen-bond acceptors (Lipinski definition) is 2. The van der Waals surface area contributed by atoms with Gasteiger partial charge in [-0.25, -0.2) is 0 Å². The van der Waals surface area contributed by atoms with Crippen molar-refractivity contribution >= 4 is 45.7 Å². The number of hydrogen-bond donors (Lipinski definition) is 0. The SMILES string of the molecule is O=Cc1c(C(F)(F)F)ccc(I)c1C(=O)Cl. The van der Waals surface area contributed by atoms with Crippen LogP contribution in [0.5, 0.6) is 0 Å². The minimum atomic E-state index is -4.69. The van der Waals surface area contributed by atoms with Gasteiger partial charge in [0.1, 0.15) is 0 Å². The first-order chi connectivity index (χ1) is 7.29. The highest BCUT2D eigenvalue weighted by atomic mass is 127. The molecule has 86 valence electrons. The Morgan fingerprint density at radius 3 is 2.31 bits per heavy atom. The average molecular weight is 362 g/mol. The van der Waals surface area contributed by atoms with E-state index in [1.165, 1.54) is 0 Å². The third-order valence-corrected chi connectivity index (χ3v) is 2.90. The Morgan fingerprint density at radius 1 is 1.38 bits per heavy atom. The van der Waals surface area contributed by atoms with E-state index in [1.807, 2.05) is 0 Å². The molecule has 0 saturated carbocycles. The normalized spacial score (nSPS) is 11.3. The largest absolute Gasteiger partial charge is 0.417 e. The fourth-order valence-electron chi connectivity index (χ4n) is 1.16. The maximum absolute atomic E-state index is 12.5. The summed E-state index contributed by atoms with van der Waals surface area (Å²) in [5.74, 6) is 0. The van der Waals surface area contributed by atoms with Crippen LogP contribution >= 0.6 is 34.2 Å². The van der Waals surface area contributed by atoms with Crippen molar-refractivity contribution in [3.63, 3.8) is 0 Å². The van der Waals surface area contributed by atoms with Crippen LogP contribution in [0, 0.1) is 3.57 Å². The van der Waals surface area contributed by atoms with Crippen LogP contribution in [-0.4, -0.2) is 11.5 Å². The standard InChI is InChI=1S/C9H3ClF3IO2/c10-8(16)7-4(3-15)5(9(11,12)13)1-2-6(7)14/h1-3H. The topological polar surface area (TPSA) is 34.1 Å². The van der Waals surface area contributed by atoms with Crippen LogP contribution in [0.25, 0.3) is 0 Å². The summed E-state index contributed by atoms with van der Waals surface area (Å²) in [6.07, 6.45) is -4.71. The summed E-state index contributed by atoms with van der Waals surface area (Å²) in [6, 6.07) is 1.83. The van der Waals surface area contributed by atoms with E-state index >= 15 is 0 Å². The Hall–Kier alpha value is -0.630. The lowest BCUT2D eigenvalue weighted by molar-refractivity contribution is -0.137. The van der Waals surface area contributed by atoms with Crippen LogP contribution in [0.2, 0.25) is 0 Å². The monoisotopic (exact) mass is 362 g/mol. The summed E-state index contributed by atoms with van der Waals surface area (Å²) in [6.45, 7) is 0. The zero-order valence-electron chi connectivity index (χ0n) is 7.44. The Bertz CT molecular complexity index is 457.